The molecule has 3 rings (SSSR count). The molecule has 0 fully saturated rings. The van der Waals surface area contributed by atoms with Gasteiger partial charge in [0.1, 0.15) is 30.1 Å². The van der Waals surface area contributed by atoms with Gasteiger partial charge < -0.3 is 14.0 Å². The third-order valence-corrected chi connectivity index (χ3v) is 3.13. The molecule has 0 aliphatic rings. The second-order valence-electron chi connectivity index (χ2n) is 4.55. The molecule has 0 atom stereocenters. The van der Waals surface area contributed by atoms with E-state index in [1.54, 1.807) is 13.4 Å². The van der Waals surface area contributed by atoms with Crippen LogP contribution in [-0.4, -0.2) is 12.3 Å². The summed E-state index contributed by atoms with van der Waals surface area (Å²) in [5, 5.41) is 3.91. The zero-order valence-electron chi connectivity index (χ0n) is 11.7. The molecule has 0 bridgehead atoms. The maximum Gasteiger partial charge on any atom is 0.124 e. The molecule has 21 heavy (non-hydrogen) atoms. The Morgan fingerprint density at radius 1 is 1.00 bits per heavy atom. The normalized spacial score (nSPS) is 10.3. The first-order chi connectivity index (χ1) is 10.3. The molecule has 4 nitrogen and oxygen atoms in total. The number of ether oxygens (including phenoxy) is 2. The van der Waals surface area contributed by atoms with Gasteiger partial charge in [-0.15, -0.1) is 0 Å². The number of aromatic nitrogens is 1. The topological polar surface area (TPSA) is 44.5 Å². The highest BCUT2D eigenvalue weighted by Gasteiger charge is 2.02. The van der Waals surface area contributed by atoms with Gasteiger partial charge in [0.2, 0.25) is 0 Å². The van der Waals surface area contributed by atoms with Crippen molar-refractivity contribution in [2.75, 3.05) is 7.11 Å². The average Bonchev–Trinajstić information content (AvgIpc) is 3.08. The molecule has 0 saturated carbocycles. The van der Waals surface area contributed by atoms with E-state index in [4.69, 9.17) is 14.0 Å². The smallest absolute Gasteiger partial charge is 0.124 e. The zero-order chi connectivity index (χ0) is 14.5. The van der Waals surface area contributed by atoms with Crippen LogP contribution in [-0.2, 0) is 6.61 Å². The Labute approximate surface area is 122 Å². The van der Waals surface area contributed by atoms with Crippen molar-refractivity contribution in [1.82, 2.24) is 5.16 Å². The predicted octanol–water partition coefficient (Wildman–Crippen LogP) is 3.93. The van der Waals surface area contributed by atoms with Crippen molar-refractivity contribution in [1.29, 1.82) is 0 Å². The number of hydrogen-bond donors (Lipinski definition) is 0. The van der Waals surface area contributed by atoms with Crippen molar-refractivity contribution in [3.05, 3.63) is 66.4 Å². The van der Waals surface area contributed by atoms with Crippen molar-refractivity contribution in [3.63, 3.8) is 0 Å². The summed E-state index contributed by atoms with van der Waals surface area (Å²) in [5.74, 6) is 1.57. The van der Waals surface area contributed by atoms with Crippen LogP contribution in [0.3, 0.4) is 0 Å². The Kier molecular flexibility index (Phi) is 3.87. The van der Waals surface area contributed by atoms with Gasteiger partial charge in [0.15, 0.2) is 0 Å². The maximum absolute atomic E-state index is 5.75. The first kappa shape index (κ1) is 13.2. The molecule has 3 aromatic rings. The molecule has 4 heteroatoms. The van der Waals surface area contributed by atoms with Crippen LogP contribution in [0, 0.1) is 0 Å². The van der Waals surface area contributed by atoms with Crippen molar-refractivity contribution in [2.24, 2.45) is 0 Å². The number of rotatable bonds is 5. The van der Waals surface area contributed by atoms with Crippen molar-refractivity contribution >= 4 is 0 Å². The number of hydrogen-bond acceptors (Lipinski definition) is 4. The summed E-state index contributed by atoms with van der Waals surface area (Å²) in [4.78, 5) is 0. The van der Waals surface area contributed by atoms with Crippen LogP contribution < -0.4 is 9.47 Å². The number of nitrogens with zero attached hydrogens (tertiary/aromatic N) is 1. The third-order valence-electron chi connectivity index (χ3n) is 3.13. The lowest BCUT2D eigenvalue weighted by molar-refractivity contribution is 0.303. The van der Waals surface area contributed by atoms with Crippen LogP contribution in [0.25, 0.3) is 11.3 Å². The van der Waals surface area contributed by atoms with Gasteiger partial charge in [-0.05, 0) is 17.7 Å². The first-order valence-corrected chi connectivity index (χ1v) is 6.62. The Balaban J connectivity index is 1.65. The molecule has 1 aromatic heterocycles. The summed E-state index contributed by atoms with van der Waals surface area (Å²) in [6, 6.07) is 17.4. The van der Waals surface area contributed by atoms with E-state index in [2.05, 4.69) is 5.16 Å². The van der Waals surface area contributed by atoms with Crippen LogP contribution in [0.1, 0.15) is 5.56 Å². The van der Waals surface area contributed by atoms with Gasteiger partial charge in [0.05, 0.1) is 7.11 Å². The molecule has 1 heterocycles. The summed E-state index contributed by atoms with van der Waals surface area (Å²) < 4.78 is 15.8. The Morgan fingerprint density at radius 2 is 1.81 bits per heavy atom. The lowest BCUT2D eigenvalue weighted by atomic mass is 10.1. The van der Waals surface area contributed by atoms with Gasteiger partial charge in [0, 0.05) is 17.7 Å². The van der Waals surface area contributed by atoms with E-state index in [9.17, 15) is 0 Å². The van der Waals surface area contributed by atoms with Gasteiger partial charge in [-0.1, -0.05) is 35.5 Å². The molecule has 0 spiro atoms. The summed E-state index contributed by atoms with van der Waals surface area (Å²) in [7, 11) is 1.64. The fourth-order valence-corrected chi connectivity index (χ4v) is 1.99. The molecule has 0 N–H and O–H groups in total. The van der Waals surface area contributed by atoms with Gasteiger partial charge in [0.25, 0.3) is 0 Å². The van der Waals surface area contributed by atoms with Crippen molar-refractivity contribution in [3.8, 4) is 22.8 Å². The molecule has 0 aliphatic carbocycles. The quantitative estimate of drug-likeness (QED) is 0.710. The Hall–Kier alpha value is -2.75. The molecular weight excluding hydrogens is 266 g/mol. The van der Waals surface area contributed by atoms with Gasteiger partial charge >= 0.3 is 0 Å². The predicted molar refractivity (Wildman–Crippen MR) is 79.3 cm³/mol. The van der Waals surface area contributed by atoms with E-state index in [1.165, 1.54) is 0 Å². The molecule has 0 radical (unpaired) electrons. The molecular formula is C17H15NO3. The second-order valence-corrected chi connectivity index (χ2v) is 4.55. The lowest BCUT2D eigenvalue weighted by Gasteiger charge is -2.08. The Bertz CT molecular complexity index is 690. The monoisotopic (exact) mass is 281 g/mol. The fraction of sp³-hybridized carbons (Fsp3) is 0.118. The maximum atomic E-state index is 5.75. The van der Waals surface area contributed by atoms with Crippen LogP contribution in [0.5, 0.6) is 11.5 Å². The van der Waals surface area contributed by atoms with E-state index in [-0.39, 0.29) is 0 Å². The second kappa shape index (κ2) is 6.13. The lowest BCUT2D eigenvalue weighted by Crippen LogP contribution is -1.95. The first-order valence-electron chi connectivity index (χ1n) is 6.62. The summed E-state index contributed by atoms with van der Waals surface area (Å²) >= 11 is 0. The minimum absolute atomic E-state index is 0.506. The third kappa shape index (κ3) is 3.23. The highest BCUT2D eigenvalue weighted by atomic mass is 16.5. The van der Waals surface area contributed by atoms with Gasteiger partial charge in [-0.2, -0.15) is 0 Å². The van der Waals surface area contributed by atoms with E-state index >= 15 is 0 Å². The number of benzene rings is 2. The highest BCUT2D eigenvalue weighted by molar-refractivity contribution is 5.58. The largest absolute Gasteiger partial charge is 0.497 e. The number of methoxy groups -OCH3 is 1. The van der Waals surface area contributed by atoms with Crippen molar-refractivity contribution in [2.45, 2.75) is 6.61 Å². The average molecular weight is 281 g/mol. The highest BCUT2D eigenvalue weighted by Crippen LogP contribution is 2.21. The molecule has 0 saturated heterocycles. The fourth-order valence-electron chi connectivity index (χ4n) is 1.99. The minimum atomic E-state index is 0.506. The van der Waals surface area contributed by atoms with E-state index in [0.717, 1.165) is 28.3 Å². The van der Waals surface area contributed by atoms with E-state index < -0.39 is 0 Å². The van der Waals surface area contributed by atoms with Crippen LogP contribution in [0.15, 0.2) is 65.4 Å². The molecule has 2 aromatic carbocycles. The SMILES string of the molecule is COc1cccc(OCc2ccc(-c3ccon3)cc2)c1. The van der Waals surface area contributed by atoms with Crippen LogP contribution >= 0.6 is 0 Å². The van der Waals surface area contributed by atoms with Gasteiger partial charge in [-0.3, -0.25) is 0 Å². The minimum Gasteiger partial charge on any atom is -0.497 e. The molecule has 0 unspecified atom stereocenters. The molecule has 0 aliphatic heterocycles. The van der Waals surface area contributed by atoms with Crippen LogP contribution in [0.2, 0.25) is 0 Å². The summed E-state index contributed by atoms with van der Waals surface area (Å²) in [6.07, 6.45) is 1.56. The molecule has 0 amide bonds. The Morgan fingerprint density at radius 3 is 2.52 bits per heavy atom. The van der Waals surface area contributed by atoms with E-state index in [0.29, 0.717) is 6.61 Å². The standard InChI is InChI=1S/C17H15NO3/c1-19-15-3-2-4-16(11-15)20-12-13-5-7-14(8-6-13)17-9-10-21-18-17/h2-11H,12H2,1H3. The molecule has 106 valence electrons. The van der Waals surface area contributed by atoms with Gasteiger partial charge in [-0.25, -0.2) is 0 Å². The van der Waals surface area contributed by atoms with Crippen LogP contribution in [0.4, 0.5) is 0 Å². The van der Waals surface area contributed by atoms with Crippen molar-refractivity contribution < 1.29 is 14.0 Å². The van der Waals surface area contributed by atoms with E-state index in [1.807, 2.05) is 54.6 Å². The summed E-state index contributed by atoms with van der Waals surface area (Å²) in [6.45, 7) is 0.506. The zero-order valence-corrected chi connectivity index (χ0v) is 11.7. The summed E-state index contributed by atoms with van der Waals surface area (Å²) in [5.41, 5.74) is 2.94.